The second-order valence-corrected chi connectivity index (χ2v) is 9.71. The van der Waals surface area contributed by atoms with Gasteiger partial charge in [-0.1, -0.05) is 52.4 Å². The zero-order valence-electron chi connectivity index (χ0n) is 20.9. The van der Waals surface area contributed by atoms with Gasteiger partial charge in [0.2, 0.25) is 0 Å². The van der Waals surface area contributed by atoms with Crippen molar-refractivity contribution < 1.29 is 29.3 Å². The first kappa shape index (κ1) is 28.9. The van der Waals surface area contributed by atoms with E-state index in [9.17, 15) is 14.7 Å². The average Bonchev–Trinajstić information content (AvgIpc) is 3.31. The molecule has 188 valence electrons. The monoisotopic (exact) mass is 456 g/mol. The first-order valence-electron chi connectivity index (χ1n) is 12.9. The van der Waals surface area contributed by atoms with E-state index in [4.69, 9.17) is 14.6 Å². The summed E-state index contributed by atoms with van der Waals surface area (Å²) in [5, 5.41) is 18.5. The van der Waals surface area contributed by atoms with Crippen LogP contribution < -0.4 is 0 Å². The van der Waals surface area contributed by atoms with Crippen LogP contribution in [0.15, 0.2) is 0 Å². The Kier molecular flexibility index (Phi) is 14.9. The molecule has 32 heavy (non-hydrogen) atoms. The van der Waals surface area contributed by atoms with Gasteiger partial charge in [-0.15, -0.1) is 0 Å². The van der Waals surface area contributed by atoms with Gasteiger partial charge in [0.15, 0.2) is 0 Å². The Balaban J connectivity index is 0.000000323. The number of esters is 1. The predicted molar refractivity (Wildman–Crippen MR) is 126 cm³/mol. The summed E-state index contributed by atoms with van der Waals surface area (Å²) in [6, 6.07) is 0. The first-order valence-corrected chi connectivity index (χ1v) is 12.9. The highest BCUT2D eigenvalue weighted by Crippen LogP contribution is 2.39. The quantitative estimate of drug-likeness (QED) is 0.277. The summed E-state index contributed by atoms with van der Waals surface area (Å²) in [6.45, 7) is 4.37. The zero-order chi connectivity index (χ0) is 23.9. The number of aliphatic carboxylic acids is 1. The van der Waals surface area contributed by atoms with Gasteiger partial charge in [-0.25, -0.2) is 0 Å². The summed E-state index contributed by atoms with van der Waals surface area (Å²) in [6.07, 6.45) is 14.2. The fourth-order valence-corrected chi connectivity index (χ4v) is 5.67. The van der Waals surface area contributed by atoms with Crippen molar-refractivity contribution >= 4 is 11.9 Å². The number of aliphatic hydroxyl groups excluding tert-OH is 1. The normalized spacial score (nSPS) is 29.4. The number of unbranched alkanes of at least 4 members (excludes halogenated alkanes) is 4. The van der Waals surface area contributed by atoms with Crippen LogP contribution in [0, 0.1) is 23.7 Å². The molecule has 0 spiro atoms. The van der Waals surface area contributed by atoms with Gasteiger partial charge in [0.1, 0.15) is 0 Å². The molecule has 0 saturated heterocycles. The molecule has 0 aromatic heterocycles. The van der Waals surface area contributed by atoms with Crippen LogP contribution in [-0.4, -0.2) is 48.6 Å². The molecule has 2 aliphatic rings. The number of carbonyl (C=O) groups is 2. The van der Waals surface area contributed by atoms with Crippen LogP contribution in [0.4, 0.5) is 0 Å². The van der Waals surface area contributed by atoms with Crippen LogP contribution in [0.2, 0.25) is 0 Å². The second-order valence-electron chi connectivity index (χ2n) is 9.71. The lowest BCUT2D eigenvalue weighted by Gasteiger charge is -2.23. The third kappa shape index (κ3) is 10.2. The summed E-state index contributed by atoms with van der Waals surface area (Å²) in [4.78, 5) is 22.0. The van der Waals surface area contributed by atoms with Crippen LogP contribution in [-0.2, 0) is 19.1 Å². The number of rotatable bonds is 13. The molecule has 6 heteroatoms. The maximum Gasteiger partial charge on any atom is 0.305 e. The SMILES string of the molecule is CCCCCC1C(CC(=O)OC)CCC1OC.CCCCCC1C(O)CCC1CC(=O)O. The topological polar surface area (TPSA) is 93.1 Å². The fraction of sp³-hybridized carbons (Fsp3) is 0.923. The molecular formula is C26H48O6. The molecule has 0 heterocycles. The predicted octanol–water partition coefficient (Wildman–Crippen LogP) is 5.60. The highest BCUT2D eigenvalue weighted by molar-refractivity contribution is 5.69. The van der Waals surface area contributed by atoms with Crippen molar-refractivity contribution in [1.82, 2.24) is 0 Å². The van der Waals surface area contributed by atoms with E-state index in [-0.39, 0.29) is 30.3 Å². The van der Waals surface area contributed by atoms with Gasteiger partial charge in [0.05, 0.1) is 19.3 Å². The molecule has 0 aliphatic heterocycles. The van der Waals surface area contributed by atoms with Crippen molar-refractivity contribution in [1.29, 1.82) is 0 Å². The summed E-state index contributed by atoms with van der Waals surface area (Å²) in [7, 11) is 3.26. The van der Waals surface area contributed by atoms with Crippen LogP contribution in [0.3, 0.4) is 0 Å². The number of aliphatic hydroxyl groups is 1. The molecule has 0 amide bonds. The molecule has 6 unspecified atom stereocenters. The van der Waals surface area contributed by atoms with Gasteiger partial charge in [0, 0.05) is 20.0 Å². The van der Waals surface area contributed by atoms with Gasteiger partial charge in [-0.2, -0.15) is 0 Å². The van der Waals surface area contributed by atoms with Gasteiger partial charge < -0.3 is 19.7 Å². The Labute approximate surface area is 195 Å². The van der Waals surface area contributed by atoms with Crippen molar-refractivity contribution in [2.75, 3.05) is 14.2 Å². The highest BCUT2D eigenvalue weighted by atomic mass is 16.5. The Bertz CT molecular complexity index is 522. The lowest BCUT2D eigenvalue weighted by atomic mass is 9.87. The lowest BCUT2D eigenvalue weighted by molar-refractivity contribution is -0.142. The van der Waals surface area contributed by atoms with Gasteiger partial charge in [0.25, 0.3) is 0 Å². The molecule has 2 fully saturated rings. The molecule has 6 nitrogen and oxygen atoms in total. The van der Waals surface area contributed by atoms with Crippen molar-refractivity contribution in [3.63, 3.8) is 0 Å². The molecule has 2 aliphatic carbocycles. The third-order valence-electron chi connectivity index (χ3n) is 7.52. The minimum Gasteiger partial charge on any atom is -0.481 e. The Hall–Kier alpha value is -1.14. The molecule has 2 saturated carbocycles. The Morgan fingerprint density at radius 1 is 0.812 bits per heavy atom. The summed E-state index contributed by atoms with van der Waals surface area (Å²) >= 11 is 0. The summed E-state index contributed by atoms with van der Waals surface area (Å²) in [5.74, 6) is 0.638. The van der Waals surface area contributed by atoms with Crippen molar-refractivity contribution in [2.45, 2.75) is 116 Å². The number of carboxylic acid groups (broad SMARTS) is 1. The number of carboxylic acids is 1. The number of methoxy groups -OCH3 is 2. The smallest absolute Gasteiger partial charge is 0.305 e. The van der Waals surface area contributed by atoms with Crippen LogP contribution in [0.25, 0.3) is 0 Å². The molecule has 6 atom stereocenters. The van der Waals surface area contributed by atoms with Crippen molar-refractivity contribution in [3.8, 4) is 0 Å². The van der Waals surface area contributed by atoms with E-state index in [1.807, 2.05) is 0 Å². The van der Waals surface area contributed by atoms with Crippen LogP contribution in [0.1, 0.15) is 104 Å². The summed E-state index contributed by atoms with van der Waals surface area (Å²) < 4.78 is 10.3. The first-order chi connectivity index (χ1) is 15.4. The molecule has 0 aromatic carbocycles. The van der Waals surface area contributed by atoms with Crippen LogP contribution in [0.5, 0.6) is 0 Å². The zero-order valence-corrected chi connectivity index (χ0v) is 20.9. The average molecular weight is 457 g/mol. The van der Waals surface area contributed by atoms with Crippen molar-refractivity contribution in [3.05, 3.63) is 0 Å². The number of hydrogen-bond donors (Lipinski definition) is 2. The van der Waals surface area contributed by atoms with E-state index >= 15 is 0 Å². The van der Waals surface area contributed by atoms with Gasteiger partial charge in [-0.05, 0) is 62.2 Å². The molecule has 2 N–H and O–H groups in total. The number of hydrogen-bond acceptors (Lipinski definition) is 5. The van der Waals surface area contributed by atoms with E-state index in [1.54, 1.807) is 7.11 Å². The Morgan fingerprint density at radius 3 is 1.91 bits per heavy atom. The minimum atomic E-state index is -0.727. The van der Waals surface area contributed by atoms with Gasteiger partial charge >= 0.3 is 11.9 Å². The van der Waals surface area contributed by atoms with Gasteiger partial charge in [-0.3, -0.25) is 9.59 Å². The van der Waals surface area contributed by atoms with E-state index in [0.29, 0.717) is 24.4 Å². The van der Waals surface area contributed by atoms with Crippen molar-refractivity contribution in [2.24, 2.45) is 23.7 Å². The molecule has 0 radical (unpaired) electrons. The maximum absolute atomic E-state index is 11.4. The molecule has 0 aromatic rings. The largest absolute Gasteiger partial charge is 0.481 e. The standard InChI is InChI=1S/C14H26O3.C12H22O3/c1-4-5-6-7-12-11(10-14(15)17-3)8-9-13(12)16-2;1-2-3-4-5-10-9(8-12(14)15)6-7-11(10)13/h11-13H,4-10H2,1-3H3;9-11,13H,2-8H2,1H3,(H,14,15). The lowest BCUT2D eigenvalue weighted by Crippen LogP contribution is -2.23. The maximum atomic E-state index is 11.4. The van der Waals surface area contributed by atoms with Crippen LogP contribution >= 0.6 is 0 Å². The summed E-state index contributed by atoms with van der Waals surface area (Å²) in [5.41, 5.74) is 0. The minimum absolute atomic E-state index is 0.0766. The van der Waals surface area contributed by atoms with E-state index in [2.05, 4.69) is 13.8 Å². The molecular weight excluding hydrogens is 408 g/mol. The Morgan fingerprint density at radius 2 is 1.38 bits per heavy atom. The van der Waals surface area contributed by atoms with E-state index in [1.165, 1.54) is 45.6 Å². The number of carbonyl (C=O) groups excluding carboxylic acids is 1. The fourth-order valence-electron chi connectivity index (χ4n) is 5.67. The third-order valence-corrected chi connectivity index (χ3v) is 7.52. The molecule has 0 bridgehead atoms. The number of ether oxygens (including phenoxy) is 2. The second kappa shape index (κ2) is 16.5. The highest BCUT2D eigenvalue weighted by Gasteiger charge is 2.37. The van der Waals surface area contributed by atoms with E-state index in [0.717, 1.165) is 38.5 Å². The molecule has 2 rings (SSSR count). The van der Waals surface area contributed by atoms with E-state index < -0.39 is 5.97 Å².